The van der Waals surface area contributed by atoms with Crippen LogP contribution in [-0.4, -0.2) is 60.3 Å². The molecule has 0 amide bonds. The van der Waals surface area contributed by atoms with E-state index in [0.717, 1.165) is 44.6 Å². The summed E-state index contributed by atoms with van der Waals surface area (Å²) < 4.78 is 0. The van der Waals surface area contributed by atoms with Gasteiger partial charge < -0.3 is 15.1 Å². The molecule has 2 aromatic rings. The molecule has 6 nitrogen and oxygen atoms in total. The van der Waals surface area contributed by atoms with Gasteiger partial charge in [0.1, 0.15) is 0 Å². The number of piperazine rings is 1. The molecular weight excluding hydrogens is 459 g/mol. The van der Waals surface area contributed by atoms with Crippen molar-refractivity contribution in [1.29, 1.82) is 0 Å². The number of hydrogen-bond acceptors (Lipinski definition) is 5. The molecular formula is C18H25IN6S. The summed E-state index contributed by atoms with van der Waals surface area (Å²) >= 11 is 1.76. The molecule has 1 saturated heterocycles. The Morgan fingerprint density at radius 2 is 1.77 bits per heavy atom. The first kappa shape index (κ1) is 20.8. The van der Waals surface area contributed by atoms with Crippen molar-refractivity contribution in [3.05, 3.63) is 48.3 Å². The smallest absolute Gasteiger partial charge is 0.225 e. The lowest BCUT2D eigenvalue weighted by molar-refractivity contribution is 0.370. The fourth-order valence-electron chi connectivity index (χ4n) is 2.83. The first-order chi connectivity index (χ1) is 12.3. The number of aromatic nitrogens is 2. The Kier molecular flexibility index (Phi) is 8.43. The van der Waals surface area contributed by atoms with Crippen molar-refractivity contribution >= 4 is 47.6 Å². The van der Waals surface area contributed by atoms with E-state index >= 15 is 0 Å². The van der Waals surface area contributed by atoms with Crippen LogP contribution in [0.25, 0.3) is 0 Å². The molecule has 0 bridgehead atoms. The van der Waals surface area contributed by atoms with Crippen LogP contribution in [0, 0.1) is 0 Å². The molecule has 1 aliphatic heterocycles. The quantitative estimate of drug-likeness (QED) is 0.312. The van der Waals surface area contributed by atoms with E-state index in [-0.39, 0.29) is 24.0 Å². The highest BCUT2D eigenvalue weighted by atomic mass is 127. The van der Waals surface area contributed by atoms with E-state index in [4.69, 9.17) is 0 Å². The third kappa shape index (κ3) is 5.47. The largest absolute Gasteiger partial charge is 0.352 e. The number of rotatable bonds is 4. The first-order valence-electron chi connectivity index (χ1n) is 8.40. The van der Waals surface area contributed by atoms with Gasteiger partial charge in [-0.3, -0.25) is 4.99 Å². The van der Waals surface area contributed by atoms with Crippen molar-refractivity contribution in [2.75, 3.05) is 44.4 Å². The van der Waals surface area contributed by atoms with E-state index in [0.29, 0.717) is 0 Å². The molecule has 0 aliphatic carbocycles. The molecule has 26 heavy (non-hydrogen) atoms. The average molecular weight is 484 g/mol. The van der Waals surface area contributed by atoms with Gasteiger partial charge in [-0.1, -0.05) is 12.1 Å². The van der Waals surface area contributed by atoms with E-state index in [9.17, 15) is 0 Å². The van der Waals surface area contributed by atoms with Gasteiger partial charge in [-0.15, -0.1) is 35.7 Å². The molecule has 140 valence electrons. The molecule has 1 aliphatic rings. The summed E-state index contributed by atoms with van der Waals surface area (Å²) in [4.78, 5) is 18.9. The molecule has 1 aromatic carbocycles. The number of anilines is 1. The zero-order chi connectivity index (χ0) is 17.5. The standard InChI is InChI=1S/C18H24N6S.HI/c1-19-17(22-14-15-4-6-16(25-2)7-5-15)23-10-12-24(13-11-23)18-20-8-3-9-21-18;/h3-9H,10-14H2,1-2H3,(H,19,22);1H. The Morgan fingerprint density at radius 1 is 1.12 bits per heavy atom. The number of aliphatic imine (C=N–C) groups is 1. The maximum Gasteiger partial charge on any atom is 0.225 e. The van der Waals surface area contributed by atoms with Crippen molar-refractivity contribution < 1.29 is 0 Å². The highest BCUT2D eigenvalue weighted by molar-refractivity contribution is 14.0. The van der Waals surface area contributed by atoms with E-state index in [1.807, 2.05) is 13.1 Å². The minimum Gasteiger partial charge on any atom is -0.352 e. The van der Waals surface area contributed by atoms with Gasteiger partial charge in [0.2, 0.25) is 5.95 Å². The topological polar surface area (TPSA) is 56.7 Å². The van der Waals surface area contributed by atoms with E-state index in [1.54, 1.807) is 24.2 Å². The predicted octanol–water partition coefficient (Wildman–Crippen LogP) is 2.71. The fourth-order valence-corrected chi connectivity index (χ4v) is 3.24. The van der Waals surface area contributed by atoms with Crippen molar-refractivity contribution in [2.45, 2.75) is 11.4 Å². The van der Waals surface area contributed by atoms with E-state index in [1.165, 1.54) is 10.5 Å². The number of nitrogens with one attached hydrogen (secondary N) is 1. The monoisotopic (exact) mass is 484 g/mol. The van der Waals surface area contributed by atoms with Crippen LogP contribution < -0.4 is 10.2 Å². The second-order valence-electron chi connectivity index (χ2n) is 5.77. The van der Waals surface area contributed by atoms with Crippen molar-refractivity contribution in [2.24, 2.45) is 4.99 Å². The summed E-state index contributed by atoms with van der Waals surface area (Å²) in [6.07, 6.45) is 5.67. The normalized spacial score (nSPS) is 14.8. The van der Waals surface area contributed by atoms with Gasteiger partial charge >= 0.3 is 0 Å². The zero-order valence-corrected chi connectivity index (χ0v) is 18.3. The number of benzene rings is 1. The number of guanidine groups is 1. The molecule has 1 N–H and O–H groups in total. The molecule has 3 rings (SSSR count). The number of hydrogen-bond donors (Lipinski definition) is 1. The van der Waals surface area contributed by atoms with Gasteiger partial charge in [0.25, 0.3) is 0 Å². The molecule has 0 saturated carbocycles. The maximum atomic E-state index is 4.44. The minimum atomic E-state index is 0. The first-order valence-corrected chi connectivity index (χ1v) is 9.63. The van der Waals surface area contributed by atoms with Gasteiger partial charge in [-0.05, 0) is 30.0 Å². The number of nitrogens with zero attached hydrogens (tertiary/aromatic N) is 5. The summed E-state index contributed by atoms with van der Waals surface area (Å²) in [5.41, 5.74) is 1.26. The summed E-state index contributed by atoms with van der Waals surface area (Å²) in [5, 5.41) is 3.47. The fraction of sp³-hybridized carbons (Fsp3) is 0.389. The van der Waals surface area contributed by atoms with E-state index in [2.05, 4.69) is 60.6 Å². The van der Waals surface area contributed by atoms with Crippen LogP contribution in [0.15, 0.2) is 52.6 Å². The average Bonchev–Trinajstić information content (AvgIpc) is 2.70. The molecule has 0 spiro atoms. The van der Waals surface area contributed by atoms with Crippen LogP contribution in [0.2, 0.25) is 0 Å². The maximum absolute atomic E-state index is 4.44. The summed E-state index contributed by atoms with van der Waals surface area (Å²) in [6.45, 7) is 4.39. The third-order valence-corrected chi connectivity index (χ3v) is 4.98. The Morgan fingerprint density at radius 3 is 2.35 bits per heavy atom. The summed E-state index contributed by atoms with van der Waals surface area (Å²) in [7, 11) is 1.84. The van der Waals surface area contributed by atoms with Gasteiger partial charge in [0.05, 0.1) is 0 Å². The SMILES string of the molecule is CN=C(NCc1ccc(SC)cc1)N1CCN(c2ncccn2)CC1.I. The highest BCUT2D eigenvalue weighted by Crippen LogP contribution is 2.15. The van der Waals surface area contributed by atoms with Crippen LogP contribution in [0.3, 0.4) is 0 Å². The lowest BCUT2D eigenvalue weighted by Gasteiger charge is -2.36. The Labute approximate surface area is 176 Å². The Bertz CT molecular complexity index is 687. The van der Waals surface area contributed by atoms with E-state index < -0.39 is 0 Å². The zero-order valence-electron chi connectivity index (χ0n) is 15.1. The second kappa shape index (κ2) is 10.6. The van der Waals surface area contributed by atoms with Crippen LogP contribution in [0.4, 0.5) is 5.95 Å². The van der Waals surface area contributed by atoms with Crippen molar-refractivity contribution in [1.82, 2.24) is 20.2 Å². The van der Waals surface area contributed by atoms with Crippen LogP contribution in [0.1, 0.15) is 5.56 Å². The molecule has 0 radical (unpaired) electrons. The highest BCUT2D eigenvalue weighted by Gasteiger charge is 2.20. The number of halogens is 1. The Balaban J connectivity index is 0.00000243. The third-order valence-electron chi connectivity index (χ3n) is 4.24. The molecule has 8 heteroatoms. The number of thioether (sulfide) groups is 1. The van der Waals surface area contributed by atoms with Crippen LogP contribution in [0.5, 0.6) is 0 Å². The lowest BCUT2D eigenvalue weighted by atomic mass is 10.2. The summed E-state index contributed by atoms with van der Waals surface area (Å²) in [6, 6.07) is 10.5. The summed E-state index contributed by atoms with van der Waals surface area (Å²) in [5.74, 6) is 1.75. The van der Waals surface area contributed by atoms with Gasteiger partial charge in [-0.25, -0.2) is 9.97 Å². The molecule has 2 heterocycles. The molecule has 0 unspecified atom stereocenters. The lowest BCUT2D eigenvalue weighted by Crippen LogP contribution is -2.52. The van der Waals surface area contributed by atoms with Crippen LogP contribution >= 0.6 is 35.7 Å². The minimum absolute atomic E-state index is 0. The second-order valence-corrected chi connectivity index (χ2v) is 6.65. The van der Waals surface area contributed by atoms with Gasteiger partial charge in [0, 0.05) is 57.1 Å². The predicted molar refractivity (Wildman–Crippen MR) is 120 cm³/mol. The van der Waals surface area contributed by atoms with Gasteiger partial charge in [0.15, 0.2) is 5.96 Å². The van der Waals surface area contributed by atoms with Gasteiger partial charge in [-0.2, -0.15) is 0 Å². The Hall–Kier alpha value is -1.55. The molecule has 0 atom stereocenters. The molecule has 1 fully saturated rings. The van der Waals surface area contributed by atoms with Crippen molar-refractivity contribution in [3.63, 3.8) is 0 Å². The molecule has 1 aromatic heterocycles. The van der Waals surface area contributed by atoms with Crippen molar-refractivity contribution in [3.8, 4) is 0 Å². The van der Waals surface area contributed by atoms with Crippen LogP contribution in [-0.2, 0) is 6.54 Å².